The van der Waals surface area contributed by atoms with Crippen molar-refractivity contribution in [3.05, 3.63) is 42.2 Å². The number of nitrogens with zero attached hydrogens (tertiary/aromatic N) is 3. The molecule has 7 heteroatoms. The van der Waals surface area contributed by atoms with Gasteiger partial charge < -0.3 is 10.6 Å². The van der Waals surface area contributed by atoms with E-state index in [2.05, 4.69) is 26.7 Å². The molecule has 1 unspecified atom stereocenters. The zero-order valence-electron chi connectivity index (χ0n) is 13.0. The molecule has 1 amide bonds. The van der Waals surface area contributed by atoms with E-state index < -0.39 is 0 Å². The van der Waals surface area contributed by atoms with Gasteiger partial charge in [-0.15, -0.1) is 12.4 Å². The molecule has 3 rings (SSSR count). The maximum absolute atomic E-state index is 12.3. The Labute approximate surface area is 146 Å². The molecule has 1 fully saturated rings. The summed E-state index contributed by atoms with van der Waals surface area (Å²) in [7, 11) is 0. The zero-order valence-corrected chi connectivity index (χ0v) is 13.8. The number of hydrogen-bond acceptors (Lipinski definition) is 5. The largest absolute Gasteiger partial charge is 0.326 e. The van der Waals surface area contributed by atoms with E-state index in [0.717, 1.165) is 25.9 Å². The molecule has 1 saturated heterocycles. The van der Waals surface area contributed by atoms with Crippen LogP contribution in [0.3, 0.4) is 0 Å². The van der Waals surface area contributed by atoms with Crippen molar-refractivity contribution in [3.8, 4) is 17.5 Å². The van der Waals surface area contributed by atoms with Crippen LogP contribution in [-0.2, 0) is 4.79 Å². The lowest BCUT2D eigenvalue weighted by Crippen LogP contribution is -2.37. The predicted octanol–water partition coefficient (Wildman–Crippen LogP) is 2.38. The highest BCUT2D eigenvalue weighted by Gasteiger charge is 2.20. The molecule has 0 saturated carbocycles. The van der Waals surface area contributed by atoms with E-state index in [4.69, 9.17) is 5.26 Å². The van der Waals surface area contributed by atoms with E-state index in [1.54, 1.807) is 36.7 Å². The minimum absolute atomic E-state index is 0. The Morgan fingerprint density at radius 2 is 2.00 bits per heavy atom. The van der Waals surface area contributed by atoms with E-state index in [1.807, 2.05) is 0 Å². The summed E-state index contributed by atoms with van der Waals surface area (Å²) in [6, 6.07) is 8.94. The van der Waals surface area contributed by atoms with Crippen LogP contribution in [0.2, 0.25) is 0 Å². The van der Waals surface area contributed by atoms with Crippen molar-refractivity contribution in [1.82, 2.24) is 15.3 Å². The Hall–Kier alpha value is -2.49. The molecule has 2 aromatic heterocycles. The number of amides is 1. The van der Waals surface area contributed by atoms with Crippen molar-refractivity contribution in [3.63, 3.8) is 0 Å². The molecule has 1 aliphatic heterocycles. The number of carbonyl (C=O) groups is 1. The van der Waals surface area contributed by atoms with Gasteiger partial charge in [-0.3, -0.25) is 14.8 Å². The lowest BCUT2D eigenvalue weighted by molar-refractivity contribution is -0.120. The Kier molecular flexibility index (Phi) is 6.24. The summed E-state index contributed by atoms with van der Waals surface area (Å²) >= 11 is 0. The van der Waals surface area contributed by atoms with Crippen molar-refractivity contribution < 1.29 is 4.79 Å². The topological polar surface area (TPSA) is 90.7 Å². The number of hydrogen-bond donors (Lipinski definition) is 2. The average Bonchev–Trinajstić information content (AvgIpc) is 2.63. The summed E-state index contributed by atoms with van der Waals surface area (Å²) in [4.78, 5) is 20.8. The van der Waals surface area contributed by atoms with Crippen LogP contribution in [0.15, 0.2) is 36.7 Å². The number of anilines is 1. The Balaban J connectivity index is 0.00000208. The van der Waals surface area contributed by atoms with Crippen LogP contribution < -0.4 is 10.6 Å². The third-order valence-corrected chi connectivity index (χ3v) is 3.85. The van der Waals surface area contributed by atoms with Gasteiger partial charge in [-0.1, -0.05) is 0 Å². The third kappa shape index (κ3) is 4.28. The maximum atomic E-state index is 12.3. The van der Waals surface area contributed by atoms with Gasteiger partial charge in [0.2, 0.25) is 5.91 Å². The van der Waals surface area contributed by atoms with Crippen LogP contribution in [0.25, 0.3) is 11.4 Å². The van der Waals surface area contributed by atoms with E-state index in [0.29, 0.717) is 22.6 Å². The minimum Gasteiger partial charge on any atom is -0.326 e. The normalized spacial score (nSPS) is 16.5. The summed E-state index contributed by atoms with van der Waals surface area (Å²) in [5.74, 6) is 0.0218. The molecule has 6 nitrogen and oxygen atoms in total. The molecule has 1 atom stereocenters. The maximum Gasteiger partial charge on any atom is 0.228 e. The molecule has 1 aliphatic rings. The molecule has 124 valence electrons. The smallest absolute Gasteiger partial charge is 0.228 e. The highest BCUT2D eigenvalue weighted by atomic mass is 35.5. The number of nitriles is 1. The average molecular weight is 344 g/mol. The first-order chi connectivity index (χ1) is 11.3. The van der Waals surface area contributed by atoms with E-state index >= 15 is 0 Å². The second kappa shape index (κ2) is 8.39. The van der Waals surface area contributed by atoms with Gasteiger partial charge in [0.15, 0.2) is 0 Å². The van der Waals surface area contributed by atoms with Crippen LogP contribution in [0.5, 0.6) is 0 Å². The van der Waals surface area contributed by atoms with Gasteiger partial charge in [0.25, 0.3) is 0 Å². The summed E-state index contributed by atoms with van der Waals surface area (Å²) in [5.41, 5.74) is 2.45. The van der Waals surface area contributed by atoms with Gasteiger partial charge in [0.1, 0.15) is 0 Å². The molecule has 3 heterocycles. The molecule has 2 N–H and O–H groups in total. The van der Waals surface area contributed by atoms with Gasteiger partial charge >= 0.3 is 0 Å². The van der Waals surface area contributed by atoms with Crippen LogP contribution in [0, 0.1) is 17.2 Å². The number of aromatic nitrogens is 2. The fourth-order valence-corrected chi connectivity index (χ4v) is 2.61. The summed E-state index contributed by atoms with van der Waals surface area (Å²) < 4.78 is 0. The number of halogens is 1. The SMILES string of the molecule is Cl.N#Cc1ccnc(-c2cc(NC(=O)C3CCCNC3)ccn2)c1. The van der Waals surface area contributed by atoms with Crippen molar-refractivity contribution in [2.75, 3.05) is 18.4 Å². The number of pyridine rings is 2. The minimum atomic E-state index is 0. The van der Waals surface area contributed by atoms with Gasteiger partial charge in [-0.2, -0.15) is 5.26 Å². The Morgan fingerprint density at radius 3 is 2.71 bits per heavy atom. The monoisotopic (exact) mass is 343 g/mol. The van der Waals surface area contributed by atoms with Gasteiger partial charge in [-0.05, 0) is 43.7 Å². The predicted molar refractivity (Wildman–Crippen MR) is 93.7 cm³/mol. The summed E-state index contributed by atoms with van der Waals surface area (Å²) in [6.07, 6.45) is 5.13. The van der Waals surface area contributed by atoms with Crippen molar-refractivity contribution in [2.24, 2.45) is 5.92 Å². The lowest BCUT2D eigenvalue weighted by Gasteiger charge is -2.21. The number of carbonyl (C=O) groups excluding carboxylic acids is 1. The highest BCUT2D eigenvalue weighted by molar-refractivity contribution is 5.93. The van der Waals surface area contributed by atoms with Crippen molar-refractivity contribution in [1.29, 1.82) is 5.26 Å². The molecule has 0 aliphatic carbocycles. The molecular formula is C17H18ClN5O. The van der Waals surface area contributed by atoms with Gasteiger partial charge in [-0.25, -0.2) is 0 Å². The quantitative estimate of drug-likeness (QED) is 0.892. The van der Waals surface area contributed by atoms with Crippen LogP contribution in [-0.4, -0.2) is 29.0 Å². The van der Waals surface area contributed by atoms with Crippen molar-refractivity contribution >= 4 is 24.0 Å². The standard InChI is InChI=1S/C17H17N5O.ClH/c18-10-12-3-6-20-15(8-12)16-9-14(4-7-21-16)22-17(23)13-2-1-5-19-11-13;/h3-4,6-9,13,19H,1-2,5,11H2,(H,21,22,23);1H. The fraction of sp³-hybridized carbons (Fsp3) is 0.294. The molecule has 24 heavy (non-hydrogen) atoms. The summed E-state index contributed by atoms with van der Waals surface area (Å²) in [6.45, 7) is 1.69. The van der Waals surface area contributed by atoms with Crippen LogP contribution in [0.1, 0.15) is 18.4 Å². The van der Waals surface area contributed by atoms with Crippen LogP contribution >= 0.6 is 12.4 Å². The third-order valence-electron chi connectivity index (χ3n) is 3.85. The van der Waals surface area contributed by atoms with E-state index in [9.17, 15) is 4.79 Å². The van der Waals surface area contributed by atoms with Gasteiger partial charge in [0, 0.05) is 24.6 Å². The summed E-state index contributed by atoms with van der Waals surface area (Å²) in [5, 5.41) is 15.1. The highest BCUT2D eigenvalue weighted by Crippen LogP contribution is 2.20. The van der Waals surface area contributed by atoms with Crippen molar-refractivity contribution in [2.45, 2.75) is 12.8 Å². The van der Waals surface area contributed by atoms with Gasteiger partial charge in [0.05, 0.1) is 28.9 Å². The lowest BCUT2D eigenvalue weighted by atomic mass is 9.99. The molecule has 0 spiro atoms. The number of piperidine rings is 1. The zero-order chi connectivity index (χ0) is 16.1. The number of rotatable bonds is 3. The van der Waals surface area contributed by atoms with E-state index in [-0.39, 0.29) is 24.2 Å². The second-order valence-electron chi connectivity index (χ2n) is 5.50. The fourth-order valence-electron chi connectivity index (χ4n) is 2.61. The van der Waals surface area contributed by atoms with E-state index in [1.165, 1.54) is 0 Å². The Morgan fingerprint density at radius 1 is 1.25 bits per heavy atom. The number of nitrogens with one attached hydrogen (secondary N) is 2. The first-order valence-corrected chi connectivity index (χ1v) is 7.60. The second-order valence-corrected chi connectivity index (χ2v) is 5.50. The molecular weight excluding hydrogens is 326 g/mol. The Bertz CT molecular complexity index is 753. The van der Waals surface area contributed by atoms with Crippen LogP contribution in [0.4, 0.5) is 5.69 Å². The molecule has 2 aromatic rings. The molecule has 0 aromatic carbocycles. The first kappa shape index (κ1) is 17.9. The molecule has 0 bridgehead atoms. The molecule has 0 radical (unpaired) electrons. The first-order valence-electron chi connectivity index (χ1n) is 7.60.